The largest absolute Gasteiger partial charge is 0.437 e. The summed E-state index contributed by atoms with van der Waals surface area (Å²) in [6.07, 6.45) is 1.80. The van der Waals surface area contributed by atoms with Crippen molar-refractivity contribution < 1.29 is 35.9 Å². The first-order valence-electron chi connectivity index (χ1n) is 8.92. The number of carbonyl (C=O) groups excluding carboxylic acids is 1. The maximum Gasteiger partial charge on any atom is 0.387 e. The van der Waals surface area contributed by atoms with E-state index in [1.54, 1.807) is 4.72 Å². The smallest absolute Gasteiger partial charge is 0.387 e. The number of benzene rings is 2. The van der Waals surface area contributed by atoms with Gasteiger partial charge >= 0.3 is 6.61 Å². The van der Waals surface area contributed by atoms with Crippen molar-refractivity contribution in [2.75, 3.05) is 6.26 Å². The molecule has 1 aromatic heterocycles. The zero-order valence-electron chi connectivity index (χ0n) is 16.8. The number of pyridine rings is 1. The van der Waals surface area contributed by atoms with Gasteiger partial charge < -0.3 is 9.47 Å². The molecule has 0 aliphatic heterocycles. The molecule has 0 atom stereocenters. The van der Waals surface area contributed by atoms with Crippen molar-refractivity contribution in [3.63, 3.8) is 0 Å². The van der Waals surface area contributed by atoms with E-state index in [2.05, 4.69) is 9.72 Å². The second-order valence-electron chi connectivity index (χ2n) is 6.63. The Hall–Kier alpha value is -2.73. The predicted molar refractivity (Wildman–Crippen MR) is 120 cm³/mol. The van der Waals surface area contributed by atoms with Gasteiger partial charge in [0.25, 0.3) is 5.91 Å². The van der Waals surface area contributed by atoms with Crippen LogP contribution in [0.3, 0.4) is 0 Å². The van der Waals surface area contributed by atoms with E-state index >= 15 is 0 Å². The molecule has 0 aliphatic carbocycles. The van der Waals surface area contributed by atoms with Crippen LogP contribution in [0.5, 0.6) is 17.4 Å². The molecule has 0 aliphatic rings. The number of ether oxygens (including phenoxy) is 2. The fraction of sp³-hybridized carbons (Fsp3) is 0.100. The molecule has 7 nitrogen and oxygen atoms in total. The summed E-state index contributed by atoms with van der Waals surface area (Å²) in [7, 11) is -4.04. The highest BCUT2D eigenvalue weighted by atomic mass is 35.5. The molecule has 0 fully saturated rings. The van der Waals surface area contributed by atoms with Gasteiger partial charge in [0.1, 0.15) is 22.3 Å². The van der Waals surface area contributed by atoms with E-state index in [1.165, 1.54) is 24.3 Å². The molecule has 3 rings (SSSR count). The van der Waals surface area contributed by atoms with Crippen LogP contribution in [0.2, 0.25) is 15.1 Å². The monoisotopic (exact) mass is 554 g/mol. The van der Waals surface area contributed by atoms with Gasteiger partial charge in [-0.25, -0.2) is 22.5 Å². The molecule has 1 N–H and O–H groups in total. The molecule has 0 saturated heterocycles. The van der Waals surface area contributed by atoms with Crippen LogP contribution in [0.4, 0.5) is 13.2 Å². The lowest BCUT2D eigenvalue weighted by molar-refractivity contribution is -0.0495. The highest BCUT2D eigenvalue weighted by Gasteiger charge is 2.22. The second-order valence-corrected chi connectivity index (χ2v) is 9.66. The molecular formula is C20H12Cl3F3N2O5S. The Morgan fingerprint density at radius 3 is 2.26 bits per heavy atom. The maximum atomic E-state index is 14.6. The molecular weight excluding hydrogens is 544 g/mol. The standard InChI is InChI=1S/C20H12Cl3F3N2O5S/c1-34(30,31)28-18(29)14-7-17(33-20(25)26)13(6-16(14)24)9-2-15(23)19(27-8-9)32-12-4-10(21)3-11(22)5-12/h2-8,20H,1H3,(H,28,29). The fourth-order valence-corrected chi connectivity index (χ4v) is 3.87. The number of aromatic nitrogens is 1. The van der Waals surface area contributed by atoms with Crippen molar-refractivity contribution in [3.8, 4) is 28.5 Å². The summed E-state index contributed by atoms with van der Waals surface area (Å²) >= 11 is 18.0. The number of amides is 1. The Balaban J connectivity index is 2.01. The molecule has 2 aromatic carbocycles. The van der Waals surface area contributed by atoms with Crippen LogP contribution in [0.1, 0.15) is 10.4 Å². The Bertz CT molecular complexity index is 1350. The van der Waals surface area contributed by atoms with Gasteiger partial charge in [0.05, 0.1) is 11.8 Å². The van der Waals surface area contributed by atoms with Crippen LogP contribution in [0.15, 0.2) is 42.6 Å². The molecule has 0 radical (unpaired) electrons. The van der Waals surface area contributed by atoms with Crippen molar-refractivity contribution in [2.45, 2.75) is 6.61 Å². The Labute approximate surface area is 206 Å². The number of carbonyl (C=O) groups is 1. The molecule has 1 heterocycles. The highest BCUT2D eigenvalue weighted by molar-refractivity contribution is 7.89. The zero-order chi connectivity index (χ0) is 25.2. The molecule has 0 unspecified atom stereocenters. The lowest BCUT2D eigenvalue weighted by atomic mass is 10.0. The van der Waals surface area contributed by atoms with Gasteiger partial charge in [-0.05, 0) is 36.4 Å². The first-order valence-corrected chi connectivity index (χ1v) is 12.0. The Kier molecular flexibility index (Phi) is 7.81. The highest BCUT2D eigenvalue weighted by Crippen LogP contribution is 2.38. The summed E-state index contributed by atoms with van der Waals surface area (Å²) in [6, 6.07) is 6.96. The van der Waals surface area contributed by atoms with Gasteiger partial charge in [-0.3, -0.25) is 4.79 Å². The minimum absolute atomic E-state index is 0.0334. The van der Waals surface area contributed by atoms with E-state index in [4.69, 9.17) is 39.5 Å². The zero-order valence-corrected chi connectivity index (χ0v) is 19.9. The minimum atomic E-state index is -4.04. The van der Waals surface area contributed by atoms with Crippen molar-refractivity contribution in [2.24, 2.45) is 0 Å². The van der Waals surface area contributed by atoms with E-state index in [-0.39, 0.29) is 27.8 Å². The van der Waals surface area contributed by atoms with Gasteiger partial charge in [-0.1, -0.05) is 34.8 Å². The number of nitrogens with one attached hydrogen (secondary N) is 1. The van der Waals surface area contributed by atoms with Crippen LogP contribution in [-0.2, 0) is 10.0 Å². The Morgan fingerprint density at radius 2 is 1.71 bits per heavy atom. The molecule has 3 aromatic rings. The normalized spacial score (nSPS) is 11.4. The second kappa shape index (κ2) is 10.3. The van der Waals surface area contributed by atoms with E-state index in [0.29, 0.717) is 28.4 Å². The summed E-state index contributed by atoms with van der Waals surface area (Å²) in [5.41, 5.74) is -1.03. The summed E-state index contributed by atoms with van der Waals surface area (Å²) in [5.74, 6) is -3.07. The average Bonchev–Trinajstić information content (AvgIpc) is 2.68. The minimum Gasteiger partial charge on any atom is -0.437 e. The average molecular weight is 556 g/mol. The number of halogens is 6. The number of nitrogens with zero attached hydrogens (tertiary/aromatic N) is 1. The first-order chi connectivity index (χ1) is 15.8. The fourth-order valence-electron chi connectivity index (χ4n) is 2.72. The van der Waals surface area contributed by atoms with Crippen molar-refractivity contribution in [1.82, 2.24) is 9.71 Å². The molecule has 180 valence electrons. The van der Waals surface area contributed by atoms with E-state index < -0.39 is 39.7 Å². The van der Waals surface area contributed by atoms with Crippen molar-refractivity contribution in [3.05, 3.63) is 69.0 Å². The molecule has 0 saturated carbocycles. The quantitative estimate of drug-likeness (QED) is 0.388. The lowest BCUT2D eigenvalue weighted by Crippen LogP contribution is -2.30. The molecule has 14 heteroatoms. The van der Waals surface area contributed by atoms with Gasteiger partial charge in [-0.15, -0.1) is 0 Å². The van der Waals surface area contributed by atoms with Crippen LogP contribution in [0, 0.1) is 5.82 Å². The van der Waals surface area contributed by atoms with Crippen LogP contribution in [0.25, 0.3) is 11.1 Å². The van der Waals surface area contributed by atoms with Crippen LogP contribution >= 0.6 is 34.8 Å². The predicted octanol–water partition coefficient (Wildman–Crippen LogP) is 5.93. The summed E-state index contributed by atoms with van der Waals surface area (Å²) in [5, 5.41) is 0.495. The first kappa shape index (κ1) is 25.9. The number of sulfonamides is 1. The number of hydrogen-bond donors (Lipinski definition) is 1. The molecule has 1 amide bonds. The summed E-state index contributed by atoms with van der Waals surface area (Å²) in [4.78, 5) is 16.0. The van der Waals surface area contributed by atoms with Crippen molar-refractivity contribution in [1.29, 1.82) is 0 Å². The SMILES string of the molecule is CS(=O)(=O)NC(=O)c1cc(OC(F)F)c(-c2cnc(Oc3cc(Cl)cc(Cl)c3)c(Cl)c2)cc1F. The van der Waals surface area contributed by atoms with Crippen LogP contribution in [-0.4, -0.2) is 32.2 Å². The van der Waals surface area contributed by atoms with Gasteiger partial charge in [0.2, 0.25) is 15.9 Å². The summed E-state index contributed by atoms with van der Waals surface area (Å²) < 4.78 is 74.6. The number of alkyl halides is 2. The van der Waals surface area contributed by atoms with Crippen LogP contribution < -0.4 is 14.2 Å². The van der Waals surface area contributed by atoms with E-state index in [1.807, 2.05) is 0 Å². The van der Waals surface area contributed by atoms with Gasteiger partial charge in [0.15, 0.2) is 0 Å². The van der Waals surface area contributed by atoms with E-state index in [0.717, 1.165) is 6.20 Å². The van der Waals surface area contributed by atoms with Gasteiger partial charge in [-0.2, -0.15) is 8.78 Å². The molecule has 0 bridgehead atoms. The Morgan fingerprint density at radius 1 is 1.06 bits per heavy atom. The topological polar surface area (TPSA) is 94.6 Å². The summed E-state index contributed by atoms with van der Waals surface area (Å²) in [6.45, 7) is -3.34. The van der Waals surface area contributed by atoms with Gasteiger partial charge in [0, 0.05) is 27.4 Å². The molecule has 34 heavy (non-hydrogen) atoms. The maximum absolute atomic E-state index is 14.6. The molecule has 0 spiro atoms. The third-order valence-corrected chi connectivity index (χ3v) is 5.24. The number of hydrogen-bond acceptors (Lipinski definition) is 6. The van der Waals surface area contributed by atoms with Crippen molar-refractivity contribution >= 4 is 50.7 Å². The third-order valence-electron chi connectivity index (χ3n) is 3.98. The third kappa shape index (κ3) is 6.66. The lowest BCUT2D eigenvalue weighted by Gasteiger charge is -2.14. The number of rotatable bonds is 7. The van der Waals surface area contributed by atoms with E-state index in [9.17, 15) is 26.4 Å².